The number of halogens is 4. The Labute approximate surface area is 169 Å². The van der Waals surface area contributed by atoms with Crippen molar-refractivity contribution >= 4 is 17.4 Å². The zero-order valence-electron chi connectivity index (χ0n) is 16.2. The molecule has 1 spiro atoms. The number of hydrogen-bond donors (Lipinski definition) is 1. The molecule has 1 N–H and O–H groups in total. The van der Waals surface area contributed by atoms with E-state index >= 15 is 0 Å². The van der Waals surface area contributed by atoms with Crippen LogP contribution in [-0.4, -0.2) is 40.6 Å². The molecule has 3 fully saturated rings. The first-order valence-electron chi connectivity index (χ1n) is 9.78. The molecule has 5 rings (SSSR count). The van der Waals surface area contributed by atoms with Crippen molar-refractivity contribution in [1.82, 2.24) is 0 Å². The van der Waals surface area contributed by atoms with Gasteiger partial charge in [0.15, 0.2) is 34.6 Å². The molecule has 2 heterocycles. The van der Waals surface area contributed by atoms with Gasteiger partial charge in [-0.05, 0) is 37.8 Å². The van der Waals surface area contributed by atoms with Crippen LogP contribution < -0.4 is 4.90 Å². The van der Waals surface area contributed by atoms with Crippen molar-refractivity contribution in [3.8, 4) is 0 Å². The molecule has 1 aromatic carbocycles. The zero-order valence-corrected chi connectivity index (χ0v) is 16.2. The Morgan fingerprint density at radius 2 is 1.77 bits per heavy atom. The van der Waals surface area contributed by atoms with Crippen LogP contribution in [0.1, 0.15) is 26.7 Å². The molecule has 4 aliphatic rings. The summed E-state index contributed by atoms with van der Waals surface area (Å²) in [6, 6.07) is 0.109. The van der Waals surface area contributed by atoms with Gasteiger partial charge in [-0.3, -0.25) is 4.79 Å². The number of fused-ring (bicyclic) bond motifs is 4. The molecule has 0 amide bonds. The highest BCUT2D eigenvalue weighted by molar-refractivity contribution is 6.02. The van der Waals surface area contributed by atoms with E-state index in [1.165, 1.54) is 19.1 Å². The van der Waals surface area contributed by atoms with Crippen LogP contribution in [0.4, 0.5) is 23.2 Å². The summed E-state index contributed by atoms with van der Waals surface area (Å²) in [6.45, 7) is 3.10. The Morgan fingerprint density at radius 1 is 1.13 bits per heavy atom. The number of anilines is 1. The van der Waals surface area contributed by atoms with Crippen LogP contribution >= 0.6 is 0 Å². The number of ketones is 1. The second-order valence-electron chi connectivity index (χ2n) is 8.96. The second-order valence-corrected chi connectivity index (χ2v) is 8.96. The number of benzene rings is 1. The Bertz CT molecular complexity index is 1020. The molecule has 2 saturated heterocycles. The van der Waals surface area contributed by atoms with Gasteiger partial charge in [0.1, 0.15) is 17.4 Å². The van der Waals surface area contributed by atoms with E-state index in [9.17, 15) is 32.3 Å². The number of allylic oxidation sites excluding steroid dienone is 1. The predicted molar refractivity (Wildman–Crippen MR) is 95.3 cm³/mol. The molecular formula is C21H19F4NO4. The normalized spacial score (nSPS) is 41.7. The molecule has 160 valence electrons. The SMILES string of the molecule is C[C@H]1CCC2C(OC(=O)C23CN3c2c(F)c(F)cc(F)c2F)[C@]2(C)C(=O)C=C[C@@]12O. The predicted octanol–water partition coefficient (Wildman–Crippen LogP) is 2.65. The summed E-state index contributed by atoms with van der Waals surface area (Å²) >= 11 is 0. The molecule has 9 heteroatoms. The van der Waals surface area contributed by atoms with Gasteiger partial charge in [0, 0.05) is 12.0 Å². The van der Waals surface area contributed by atoms with Crippen molar-refractivity contribution in [2.45, 2.75) is 43.9 Å². The van der Waals surface area contributed by atoms with E-state index < -0.39 is 69.3 Å². The molecule has 1 aromatic rings. The van der Waals surface area contributed by atoms with Crippen molar-refractivity contribution in [2.24, 2.45) is 17.3 Å². The van der Waals surface area contributed by atoms with Gasteiger partial charge in [0.25, 0.3) is 0 Å². The fourth-order valence-electron chi connectivity index (χ4n) is 5.83. The summed E-state index contributed by atoms with van der Waals surface area (Å²) in [5, 5.41) is 11.3. The standard InChI is InChI=1S/C21H19F4NO4/c1-9-3-4-10-17(19(2)13(27)5-6-21(9,19)29)30-18(28)20(10)8-26(20)16-14(24)11(22)7-12(23)15(16)25/h5-7,9-10,17,29H,3-4,8H2,1-2H3/t9-,10?,17?,19-,20?,21+,26?/m0/s1. The number of hydrogen-bond acceptors (Lipinski definition) is 5. The third-order valence-electron chi connectivity index (χ3n) is 7.77. The summed E-state index contributed by atoms with van der Waals surface area (Å²) < 4.78 is 61.9. The average molecular weight is 425 g/mol. The van der Waals surface area contributed by atoms with Crippen LogP contribution in [0.5, 0.6) is 0 Å². The quantitative estimate of drug-likeness (QED) is 0.324. The van der Waals surface area contributed by atoms with Gasteiger partial charge in [0.2, 0.25) is 0 Å². The maximum atomic E-state index is 14.4. The Hall–Kier alpha value is -2.42. The number of aliphatic hydroxyl groups is 1. The molecule has 30 heavy (non-hydrogen) atoms. The van der Waals surface area contributed by atoms with Crippen LogP contribution in [0.2, 0.25) is 0 Å². The fourth-order valence-corrected chi connectivity index (χ4v) is 5.83. The summed E-state index contributed by atoms with van der Waals surface area (Å²) in [7, 11) is 0. The zero-order chi connectivity index (χ0) is 21.8. The summed E-state index contributed by atoms with van der Waals surface area (Å²) in [6.07, 6.45) is 2.39. The number of esters is 1. The third kappa shape index (κ3) is 1.97. The van der Waals surface area contributed by atoms with Gasteiger partial charge in [-0.1, -0.05) is 6.92 Å². The minimum atomic E-state index is -1.59. The van der Waals surface area contributed by atoms with Crippen molar-refractivity contribution in [3.63, 3.8) is 0 Å². The molecule has 2 aliphatic heterocycles. The van der Waals surface area contributed by atoms with Crippen LogP contribution in [0, 0.1) is 40.5 Å². The lowest BCUT2D eigenvalue weighted by atomic mass is 9.64. The van der Waals surface area contributed by atoms with Crippen LogP contribution in [0.15, 0.2) is 18.2 Å². The van der Waals surface area contributed by atoms with Crippen LogP contribution in [-0.2, 0) is 14.3 Å². The Kier molecular flexibility index (Phi) is 3.67. The molecule has 0 aromatic heterocycles. The lowest BCUT2D eigenvalue weighted by Gasteiger charge is -2.43. The van der Waals surface area contributed by atoms with E-state index in [0.717, 1.165) is 4.90 Å². The van der Waals surface area contributed by atoms with E-state index in [1.54, 1.807) is 6.92 Å². The molecule has 0 radical (unpaired) electrons. The first-order valence-corrected chi connectivity index (χ1v) is 9.78. The van der Waals surface area contributed by atoms with Gasteiger partial charge >= 0.3 is 5.97 Å². The summed E-state index contributed by atoms with van der Waals surface area (Å²) in [5.41, 5.74) is -5.51. The molecule has 2 aliphatic carbocycles. The second kappa shape index (κ2) is 5.63. The van der Waals surface area contributed by atoms with Gasteiger partial charge in [-0.2, -0.15) is 0 Å². The maximum Gasteiger partial charge on any atom is 0.334 e. The largest absolute Gasteiger partial charge is 0.459 e. The van der Waals surface area contributed by atoms with Crippen LogP contribution in [0.3, 0.4) is 0 Å². The highest BCUT2D eigenvalue weighted by Crippen LogP contribution is 2.62. The highest BCUT2D eigenvalue weighted by atomic mass is 19.2. The van der Waals surface area contributed by atoms with Gasteiger partial charge in [0.05, 0.1) is 12.0 Å². The smallest absolute Gasteiger partial charge is 0.334 e. The lowest BCUT2D eigenvalue weighted by molar-refractivity contribution is -0.166. The molecule has 1 saturated carbocycles. The van der Waals surface area contributed by atoms with E-state index in [0.29, 0.717) is 12.8 Å². The molecule has 3 unspecified atom stereocenters. The molecule has 0 bridgehead atoms. The van der Waals surface area contributed by atoms with Crippen molar-refractivity contribution in [3.05, 3.63) is 41.5 Å². The van der Waals surface area contributed by atoms with E-state index in [2.05, 4.69) is 0 Å². The minimum absolute atomic E-state index is 0.109. The van der Waals surface area contributed by atoms with Crippen molar-refractivity contribution in [1.29, 1.82) is 0 Å². The third-order valence-corrected chi connectivity index (χ3v) is 7.77. The summed E-state index contributed by atoms with van der Waals surface area (Å²) in [5.74, 6) is -8.59. The lowest BCUT2D eigenvalue weighted by Crippen LogP contribution is -2.57. The Morgan fingerprint density at radius 3 is 2.40 bits per heavy atom. The number of carbonyl (C=O) groups excluding carboxylic acids is 2. The number of carbonyl (C=O) groups is 2. The van der Waals surface area contributed by atoms with Crippen LogP contribution in [0.25, 0.3) is 0 Å². The van der Waals surface area contributed by atoms with E-state index in [1.807, 2.05) is 0 Å². The first kappa shape index (κ1) is 19.5. The number of ether oxygens (including phenoxy) is 1. The number of rotatable bonds is 1. The van der Waals surface area contributed by atoms with Gasteiger partial charge in [-0.25, -0.2) is 22.4 Å². The fraction of sp³-hybridized carbons (Fsp3) is 0.524. The van der Waals surface area contributed by atoms with Crippen molar-refractivity contribution in [2.75, 3.05) is 11.4 Å². The average Bonchev–Trinajstić information content (AvgIpc) is 3.31. The maximum absolute atomic E-state index is 14.4. The monoisotopic (exact) mass is 425 g/mol. The van der Waals surface area contributed by atoms with Gasteiger partial charge < -0.3 is 14.7 Å². The molecule has 6 atom stereocenters. The summed E-state index contributed by atoms with van der Waals surface area (Å²) in [4.78, 5) is 26.7. The van der Waals surface area contributed by atoms with Crippen molar-refractivity contribution < 1.29 is 37.0 Å². The van der Waals surface area contributed by atoms with E-state index in [-0.39, 0.29) is 18.5 Å². The topological polar surface area (TPSA) is 66.6 Å². The Balaban J connectivity index is 1.62. The first-order chi connectivity index (χ1) is 14.0. The number of nitrogens with zero attached hydrogens (tertiary/aromatic N) is 1. The highest BCUT2D eigenvalue weighted by Gasteiger charge is 2.78. The van der Waals surface area contributed by atoms with E-state index in [4.69, 9.17) is 4.74 Å². The molecular weight excluding hydrogens is 406 g/mol. The minimum Gasteiger partial charge on any atom is -0.459 e. The van der Waals surface area contributed by atoms with Gasteiger partial charge in [-0.15, -0.1) is 0 Å². The molecule has 5 nitrogen and oxygen atoms in total.